The lowest BCUT2D eigenvalue weighted by molar-refractivity contribution is 0.170. The Morgan fingerprint density at radius 1 is 1.20 bits per heavy atom. The molecule has 0 N–H and O–H groups in total. The molecule has 0 bridgehead atoms. The molecular formula is C19H23N5O. The molecule has 0 spiro atoms. The SMILES string of the molecule is CCCc1cc(N2CCC(Oc3cccnc3)CC2)n2nccc2n1. The van der Waals surface area contributed by atoms with Crippen molar-refractivity contribution in [2.75, 3.05) is 18.0 Å². The zero-order valence-corrected chi connectivity index (χ0v) is 14.5. The smallest absolute Gasteiger partial charge is 0.157 e. The maximum atomic E-state index is 6.05. The van der Waals surface area contributed by atoms with Gasteiger partial charge in [0.2, 0.25) is 0 Å². The van der Waals surface area contributed by atoms with Crippen molar-refractivity contribution < 1.29 is 4.74 Å². The van der Waals surface area contributed by atoms with Gasteiger partial charge in [0.1, 0.15) is 17.7 Å². The molecule has 3 aromatic heterocycles. The summed E-state index contributed by atoms with van der Waals surface area (Å²) in [5.41, 5.74) is 2.06. The first-order chi connectivity index (χ1) is 12.3. The monoisotopic (exact) mass is 337 g/mol. The van der Waals surface area contributed by atoms with Gasteiger partial charge in [0.25, 0.3) is 0 Å². The number of aryl methyl sites for hydroxylation is 1. The van der Waals surface area contributed by atoms with Crippen molar-refractivity contribution >= 4 is 11.5 Å². The molecule has 0 saturated carbocycles. The third-order valence-corrected chi connectivity index (χ3v) is 4.60. The summed E-state index contributed by atoms with van der Waals surface area (Å²) in [6, 6.07) is 8.03. The molecule has 1 fully saturated rings. The van der Waals surface area contributed by atoms with Crippen LogP contribution in [0.3, 0.4) is 0 Å². The van der Waals surface area contributed by atoms with E-state index in [4.69, 9.17) is 9.72 Å². The van der Waals surface area contributed by atoms with Gasteiger partial charge in [-0.15, -0.1) is 0 Å². The van der Waals surface area contributed by atoms with Crippen LogP contribution in [0.4, 0.5) is 5.82 Å². The maximum Gasteiger partial charge on any atom is 0.157 e. The largest absolute Gasteiger partial charge is 0.489 e. The van der Waals surface area contributed by atoms with E-state index in [1.54, 1.807) is 12.4 Å². The summed E-state index contributed by atoms with van der Waals surface area (Å²) in [6.45, 7) is 4.09. The molecule has 0 atom stereocenters. The van der Waals surface area contributed by atoms with Gasteiger partial charge in [-0.1, -0.05) is 13.3 Å². The number of nitrogens with zero attached hydrogens (tertiary/aromatic N) is 5. The van der Waals surface area contributed by atoms with Gasteiger partial charge in [-0.25, -0.2) is 4.98 Å². The summed E-state index contributed by atoms with van der Waals surface area (Å²) >= 11 is 0. The highest BCUT2D eigenvalue weighted by molar-refractivity contribution is 5.51. The molecule has 3 aromatic rings. The molecular weight excluding hydrogens is 314 g/mol. The van der Waals surface area contributed by atoms with Gasteiger partial charge >= 0.3 is 0 Å². The second kappa shape index (κ2) is 7.09. The number of piperidine rings is 1. The molecule has 0 radical (unpaired) electrons. The number of rotatable bonds is 5. The molecule has 0 aliphatic carbocycles. The third kappa shape index (κ3) is 3.43. The van der Waals surface area contributed by atoms with E-state index in [9.17, 15) is 0 Å². The Kier molecular flexibility index (Phi) is 4.50. The van der Waals surface area contributed by atoms with E-state index in [1.165, 1.54) is 0 Å². The highest BCUT2D eigenvalue weighted by atomic mass is 16.5. The lowest BCUT2D eigenvalue weighted by atomic mass is 10.1. The van der Waals surface area contributed by atoms with Crippen molar-refractivity contribution in [2.45, 2.75) is 38.7 Å². The van der Waals surface area contributed by atoms with Crippen LogP contribution in [0.5, 0.6) is 5.75 Å². The molecule has 0 aromatic carbocycles. The fraction of sp³-hybridized carbons (Fsp3) is 0.421. The zero-order valence-electron chi connectivity index (χ0n) is 14.5. The van der Waals surface area contributed by atoms with Crippen LogP contribution in [0.25, 0.3) is 5.65 Å². The summed E-state index contributed by atoms with van der Waals surface area (Å²) in [4.78, 5) is 11.2. The summed E-state index contributed by atoms with van der Waals surface area (Å²) in [7, 11) is 0. The summed E-state index contributed by atoms with van der Waals surface area (Å²) in [5, 5.41) is 4.45. The second-order valence-corrected chi connectivity index (χ2v) is 6.45. The van der Waals surface area contributed by atoms with E-state index in [0.29, 0.717) is 0 Å². The van der Waals surface area contributed by atoms with Crippen LogP contribution >= 0.6 is 0 Å². The molecule has 6 nitrogen and oxygen atoms in total. The minimum absolute atomic E-state index is 0.241. The molecule has 4 heterocycles. The Hall–Kier alpha value is -2.63. The van der Waals surface area contributed by atoms with Crippen LogP contribution in [-0.4, -0.2) is 38.8 Å². The molecule has 1 aliphatic rings. The minimum Gasteiger partial charge on any atom is -0.489 e. The number of hydrogen-bond donors (Lipinski definition) is 0. The number of hydrogen-bond acceptors (Lipinski definition) is 5. The summed E-state index contributed by atoms with van der Waals surface area (Å²) < 4.78 is 8.00. The fourth-order valence-corrected chi connectivity index (χ4v) is 3.37. The van der Waals surface area contributed by atoms with Gasteiger partial charge in [-0.05, 0) is 18.6 Å². The van der Waals surface area contributed by atoms with E-state index >= 15 is 0 Å². The Morgan fingerprint density at radius 2 is 2.08 bits per heavy atom. The van der Waals surface area contributed by atoms with E-state index < -0.39 is 0 Å². The zero-order chi connectivity index (χ0) is 17.1. The highest BCUT2D eigenvalue weighted by Gasteiger charge is 2.23. The normalized spacial score (nSPS) is 15.6. The van der Waals surface area contributed by atoms with Crippen LogP contribution in [0.2, 0.25) is 0 Å². The van der Waals surface area contributed by atoms with Gasteiger partial charge in [0.15, 0.2) is 5.65 Å². The predicted octanol–water partition coefficient (Wildman–Crippen LogP) is 3.12. The molecule has 0 amide bonds. The van der Waals surface area contributed by atoms with Gasteiger partial charge in [-0.3, -0.25) is 4.98 Å². The number of fused-ring (bicyclic) bond motifs is 1. The lowest BCUT2D eigenvalue weighted by Gasteiger charge is -2.33. The number of ether oxygens (including phenoxy) is 1. The number of aromatic nitrogens is 4. The van der Waals surface area contributed by atoms with Gasteiger partial charge < -0.3 is 9.64 Å². The maximum absolute atomic E-state index is 6.05. The number of pyridine rings is 1. The lowest BCUT2D eigenvalue weighted by Crippen LogP contribution is -2.39. The average molecular weight is 337 g/mol. The number of anilines is 1. The standard InChI is InChI=1S/C19H23N5O/c1-2-4-15-13-19(24-18(22-15)6-10-21-24)23-11-7-16(8-12-23)25-17-5-3-9-20-14-17/h3,5-6,9-10,13-14,16H,2,4,7-8,11-12H2,1H3. The van der Waals surface area contributed by atoms with Crippen LogP contribution in [-0.2, 0) is 6.42 Å². The van der Waals surface area contributed by atoms with Crippen LogP contribution in [0, 0.1) is 0 Å². The fourth-order valence-electron chi connectivity index (χ4n) is 3.37. The van der Waals surface area contributed by atoms with Crippen LogP contribution < -0.4 is 9.64 Å². The first kappa shape index (κ1) is 15.9. The predicted molar refractivity (Wildman–Crippen MR) is 97.1 cm³/mol. The van der Waals surface area contributed by atoms with Crippen LogP contribution in [0.15, 0.2) is 42.9 Å². The second-order valence-electron chi connectivity index (χ2n) is 6.45. The van der Waals surface area contributed by atoms with E-state index in [1.807, 2.05) is 28.9 Å². The van der Waals surface area contributed by atoms with Gasteiger partial charge in [0.05, 0.1) is 12.4 Å². The Balaban J connectivity index is 1.48. The average Bonchev–Trinajstić information content (AvgIpc) is 3.11. The van der Waals surface area contributed by atoms with Gasteiger partial charge in [-0.2, -0.15) is 9.61 Å². The summed E-state index contributed by atoms with van der Waals surface area (Å²) in [5.74, 6) is 1.99. The van der Waals surface area contributed by atoms with Gasteiger partial charge in [0, 0.05) is 50.0 Å². The molecule has 0 unspecified atom stereocenters. The van der Waals surface area contributed by atoms with Crippen molar-refractivity contribution in [3.63, 3.8) is 0 Å². The van der Waals surface area contributed by atoms with Crippen molar-refractivity contribution in [1.82, 2.24) is 19.6 Å². The summed E-state index contributed by atoms with van der Waals surface area (Å²) in [6.07, 6.45) is 9.67. The minimum atomic E-state index is 0.241. The van der Waals surface area contributed by atoms with Crippen LogP contribution in [0.1, 0.15) is 31.9 Å². The molecule has 1 saturated heterocycles. The van der Waals surface area contributed by atoms with Crippen molar-refractivity contribution in [1.29, 1.82) is 0 Å². The highest BCUT2D eigenvalue weighted by Crippen LogP contribution is 2.24. The Labute approximate surface area is 147 Å². The van der Waals surface area contributed by atoms with Crippen molar-refractivity contribution in [3.05, 3.63) is 48.5 Å². The quantitative estimate of drug-likeness (QED) is 0.716. The van der Waals surface area contributed by atoms with Crippen molar-refractivity contribution in [2.24, 2.45) is 0 Å². The Morgan fingerprint density at radius 3 is 2.84 bits per heavy atom. The third-order valence-electron chi connectivity index (χ3n) is 4.60. The first-order valence-corrected chi connectivity index (χ1v) is 8.99. The molecule has 4 rings (SSSR count). The van der Waals surface area contributed by atoms with E-state index in [-0.39, 0.29) is 6.10 Å². The first-order valence-electron chi connectivity index (χ1n) is 8.99. The topological polar surface area (TPSA) is 55.5 Å². The van der Waals surface area contributed by atoms with E-state index in [2.05, 4.69) is 28.0 Å². The van der Waals surface area contributed by atoms with Crippen molar-refractivity contribution in [3.8, 4) is 5.75 Å². The molecule has 1 aliphatic heterocycles. The Bertz CT molecular complexity index is 824. The van der Waals surface area contributed by atoms with E-state index in [0.717, 1.165) is 61.7 Å². The molecule has 25 heavy (non-hydrogen) atoms. The molecule has 6 heteroatoms. The molecule has 130 valence electrons.